The summed E-state index contributed by atoms with van der Waals surface area (Å²) in [7, 11) is 0. The second kappa shape index (κ2) is 11.4. The van der Waals surface area contributed by atoms with Crippen molar-refractivity contribution in [2.45, 2.75) is 27.2 Å². The van der Waals surface area contributed by atoms with E-state index in [-0.39, 0.29) is 42.5 Å². The van der Waals surface area contributed by atoms with Gasteiger partial charge in [0.05, 0.1) is 18.1 Å². The van der Waals surface area contributed by atoms with Crippen LogP contribution in [0.1, 0.15) is 45.1 Å². The zero-order valence-corrected chi connectivity index (χ0v) is 20.0. The molecule has 10 heteroatoms. The second-order valence-corrected chi connectivity index (χ2v) is 8.37. The number of hydrogen-bond donors (Lipinski definition) is 0. The SMILES string of the molecule is CCOC(=O)c1nc(N(CCc2ccccc2)C(=O)c2ccc(OCC)c([N+](=O)[O-])c2)sc1C. The monoisotopic (exact) mass is 483 g/mol. The molecule has 0 aliphatic rings. The molecule has 3 aromatic rings. The molecule has 0 spiro atoms. The van der Waals surface area contributed by atoms with Crippen molar-refractivity contribution in [2.24, 2.45) is 0 Å². The van der Waals surface area contributed by atoms with Gasteiger partial charge in [-0.3, -0.25) is 19.8 Å². The minimum atomic E-state index is -0.581. The maximum atomic E-state index is 13.5. The van der Waals surface area contributed by atoms with Crippen LogP contribution in [-0.2, 0) is 11.2 Å². The Labute approximate surface area is 201 Å². The molecule has 0 aliphatic heterocycles. The van der Waals surface area contributed by atoms with E-state index in [0.717, 1.165) is 5.56 Å². The number of esters is 1. The summed E-state index contributed by atoms with van der Waals surface area (Å²) in [6, 6.07) is 13.7. The van der Waals surface area contributed by atoms with Gasteiger partial charge in [0, 0.05) is 23.1 Å². The lowest BCUT2D eigenvalue weighted by molar-refractivity contribution is -0.385. The van der Waals surface area contributed by atoms with Crippen LogP contribution in [-0.4, -0.2) is 41.5 Å². The molecule has 0 saturated heterocycles. The van der Waals surface area contributed by atoms with E-state index >= 15 is 0 Å². The molecule has 0 saturated carbocycles. The summed E-state index contributed by atoms with van der Waals surface area (Å²) in [5.41, 5.74) is 0.987. The van der Waals surface area contributed by atoms with Crippen LogP contribution < -0.4 is 9.64 Å². The maximum Gasteiger partial charge on any atom is 0.358 e. The van der Waals surface area contributed by atoms with E-state index in [9.17, 15) is 19.7 Å². The van der Waals surface area contributed by atoms with Crippen LogP contribution >= 0.6 is 11.3 Å². The van der Waals surface area contributed by atoms with Crippen LogP contribution in [0.4, 0.5) is 10.8 Å². The molecule has 1 heterocycles. The van der Waals surface area contributed by atoms with Gasteiger partial charge in [0.2, 0.25) is 0 Å². The topological polar surface area (TPSA) is 112 Å². The van der Waals surface area contributed by atoms with E-state index in [1.165, 1.54) is 34.4 Å². The lowest BCUT2D eigenvalue weighted by Crippen LogP contribution is -2.33. The molecule has 0 N–H and O–H groups in total. The molecular weight excluding hydrogens is 458 g/mol. The van der Waals surface area contributed by atoms with Gasteiger partial charge >= 0.3 is 11.7 Å². The zero-order chi connectivity index (χ0) is 24.7. The zero-order valence-electron chi connectivity index (χ0n) is 19.1. The fourth-order valence-electron chi connectivity index (χ4n) is 3.28. The first kappa shape index (κ1) is 24.8. The van der Waals surface area contributed by atoms with Crippen molar-refractivity contribution in [3.8, 4) is 5.75 Å². The van der Waals surface area contributed by atoms with Crippen LogP contribution in [0.15, 0.2) is 48.5 Å². The fraction of sp³-hybridized carbons (Fsp3) is 0.292. The molecule has 0 aliphatic carbocycles. The van der Waals surface area contributed by atoms with Crippen molar-refractivity contribution in [1.82, 2.24) is 4.98 Å². The van der Waals surface area contributed by atoms with E-state index in [4.69, 9.17) is 9.47 Å². The highest BCUT2D eigenvalue weighted by Gasteiger charge is 2.27. The summed E-state index contributed by atoms with van der Waals surface area (Å²) in [5.74, 6) is -0.935. The third kappa shape index (κ3) is 5.76. The Morgan fingerprint density at radius 3 is 2.50 bits per heavy atom. The summed E-state index contributed by atoms with van der Waals surface area (Å²) >= 11 is 1.19. The van der Waals surface area contributed by atoms with Crippen LogP contribution in [0.2, 0.25) is 0 Å². The van der Waals surface area contributed by atoms with Gasteiger partial charge in [0.1, 0.15) is 0 Å². The first-order valence-corrected chi connectivity index (χ1v) is 11.6. The van der Waals surface area contributed by atoms with Gasteiger partial charge in [-0.05, 0) is 44.9 Å². The third-order valence-electron chi connectivity index (χ3n) is 4.90. The molecule has 2 aromatic carbocycles. The largest absolute Gasteiger partial charge is 0.487 e. The molecule has 0 radical (unpaired) electrons. The lowest BCUT2D eigenvalue weighted by atomic mass is 10.1. The number of rotatable bonds is 10. The van der Waals surface area contributed by atoms with Gasteiger partial charge in [-0.1, -0.05) is 30.3 Å². The number of nitrogens with zero attached hydrogens (tertiary/aromatic N) is 3. The highest BCUT2D eigenvalue weighted by Crippen LogP contribution is 2.31. The number of aryl methyl sites for hydroxylation is 1. The Morgan fingerprint density at radius 2 is 1.85 bits per heavy atom. The van der Waals surface area contributed by atoms with Gasteiger partial charge in [0.15, 0.2) is 16.6 Å². The average Bonchev–Trinajstić information content (AvgIpc) is 3.21. The molecule has 0 fully saturated rings. The smallest absolute Gasteiger partial charge is 0.358 e. The molecule has 178 valence electrons. The highest BCUT2D eigenvalue weighted by atomic mass is 32.1. The van der Waals surface area contributed by atoms with E-state index in [1.807, 2.05) is 30.3 Å². The van der Waals surface area contributed by atoms with Crippen molar-refractivity contribution >= 4 is 34.0 Å². The third-order valence-corrected chi connectivity index (χ3v) is 5.89. The molecule has 3 rings (SSSR count). The van der Waals surface area contributed by atoms with Crippen LogP contribution in [0, 0.1) is 17.0 Å². The molecule has 1 aromatic heterocycles. The van der Waals surface area contributed by atoms with Crippen LogP contribution in [0.3, 0.4) is 0 Å². The van der Waals surface area contributed by atoms with Crippen LogP contribution in [0.5, 0.6) is 5.75 Å². The van der Waals surface area contributed by atoms with E-state index in [0.29, 0.717) is 16.4 Å². The van der Waals surface area contributed by atoms with Crippen molar-refractivity contribution in [3.63, 3.8) is 0 Å². The van der Waals surface area contributed by atoms with E-state index in [1.54, 1.807) is 20.8 Å². The standard InChI is InChI=1S/C24H25N3O6S/c1-4-32-20-12-11-18(15-19(20)27(30)31)22(28)26(14-13-17-9-7-6-8-10-17)24-25-21(16(3)34-24)23(29)33-5-2/h6-12,15H,4-5,13-14H2,1-3H3. The molecule has 0 bridgehead atoms. The summed E-state index contributed by atoms with van der Waals surface area (Å²) in [6.07, 6.45) is 0.527. The van der Waals surface area contributed by atoms with Crippen LogP contribution in [0.25, 0.3) is 0 Å². The summed E-state index contributed by atoms with van der Waals surface area (Å²) < 4.78 is 10.4. The number of hydrogen-bond acceptors (Lipinski definition) is 8. The Kier molecular flexibility index (Phi) is 8.31. The Morgan fingerprint density at radius 1 is 1.12 bits per heavy atom. The number of thiazole rings is 1. The summed E-state index contributed by atoms with van der Waals surface area (Å²) in [6.45, 7) is 5.88. The van der Waals surface area contributed by atoms with E-state index in [2.05, 4.69) is 4.98 Å². The second-order valence-electron chi connectivity index (χ2n) is 7.19. The maximum absolute atomic E-state index is 13.5. The number of anilines is 1. The number of nitro benzene ring substituents is 1. The number of benzene rings is 2. The highest BCUT2D eigenvalue weighted by molar-refractivity contribution is 7.16. The number of nitro groups is 1. The first-order chi connectivity index (χ1) is 16.3. The fourth-order valence-corrected chi connectivity index (χ4v) is 4.20. The average molecular weight is 484 g/mol. The number of carbonyl (C=O) groups is 2. The summed E-state index contributed by atoms with van der Waals surface area (Å²) in [5, 5.41) is 11.9. The minimum Gasteiger partial charge on any atom is -0.487 e. The van der Waals surface area contributed by atoms with Crippen molar-refractivity contribution in [2.75, 3.05) is 24.7 Å². The summed E-state index contributed by atoms with van der Waals surface area (Å²) in [4.78, 5) is 43.2. The van der Waals surface area contributed by atoms with Crippen molar-refractivity contribution in [3.05, 3.63) is 80.3 Å². The molecule has 1 amide bonds. The normalized spacial score (nSPS) is 10.6. The number of carbonyl (C=O) groups excluding carboxylic acids is 2. The predicted octanol–water partition coefficient (Wildman–Crippen LogP) is 4.82. The van der Waals surface area contributed by atoms with Gasteiger partial charge in [-0.2, -0.15) is 0 Å². The Hall–Kier alpha value is -3.79. The number of amides is 1. The van der Waals surface area contributed by atoms with Gasteiger partial charge in [0.25, 0.3) is 5.91 Å². The lowest BCUT2D eigenvalue weighted by Gasteiger charge is -2.20. The molecule has 0 atom stereocenters. The Bertz CT molecular complexity index is 1180. The number of aromatic nitrogens is 1. The molecule has 34 heavy (non-hydrogen) atoms. The number of ether oxygens (including phenoxy) is 2. The quantitative estimate of drug-likeness (QED) is 0.231. The van der Waals surface area contributed by atoms with Gasteiger partial charge in [-0.25, -0.2) is 9.78 Å². The van der Waals surface area contributed by atoms with E-state index < -0.39 is 16.8 Å². The van der Waals surface area contributed by atoms with Gasteiger partial charge in [-0.15, -0.1) is 11.3 Å². The molecule has 9 nitrogen and oxygen atoms in total. The van der Waals surface area contributed by atoms with Crippen molar-refractivity contribution in [1.29, 1.82) is 0 Å². The predicted molar refractivity (Wildman–Crippen MR) is 129 cm³/mol. The molecule has 0 unspecified atom stereocenters. The molecular formula is C24H25N3O6S. The Balaban J connectivity index is 1.99. The van der Waals surface area contributed by atoms with Gasteiger partial charge < -0.3 is 9.47 Å². The minimum absolute atomic E-state index is 0.0922. The van der Waals surface area contributed by atoms with Crippen molar-refractivity contribution < 1.29 is 24.0 Å². The first-order valence-electron chi connectivity index (χ1n) is 10.8.